The number of methoxy groups -OCH3 is 2. The lowest BCUT2D eigenvalue weighted by Crippen LogP contribution is -2.27. The average Bonchev–Trinajstić information content (AvgIpc) is 3.15. The fraction of sp³-hybridized carbons (Fsp3) is 0.240. The van der Waals surface area contributed by atoms with Gasteiger partial charge in [-0.3, -0.25) is 9.78 Å². The maximum atomic E-state index is 12.3. The minimum absolute atomic E-state index is 0.243. The summed E-state index contributed by atoms with van der Waals surface area (Å²) in [6, 6.07) is 13.0. The van der Waals surface area contributed by atoms with Gasteiger partial charge < -0.3 is 29.4 Å². The van der Waals surface area contributed by atoms with E-state index >= 15 is 0 Å². The van der Waals surface area contributed by atoms with E-state index in [9.17, 15) is 4.79 Å². The predicted octanol–water partition coefficient (Wildman–Crippen LogP) is 4.96. The number of pyridine rings is 1. The molecular formula is C25H26BrN5O4. The third-order valence-electron chi connectivity index (χ3n) is 5.36. The Hall–Kier alpha value is -3.63. The summed E-state index contributed by atoms with van der Waals surface area (Å²) in [7, 11) is 5.08. The van der Waals surface area contributed by atoms with Gasteiger partial charge >= 0.3 is 0 Å². The number of hydrogen-bond acceptors (Lipinski definition) is 7. The zero-order chi connectivity index (χ0) is 24.9. The fourth-order valence-electron chi connectivity index (χ4n) is 3.49. The summed E-state index contributed by atoms with van der Waals surface area (Å²) >= 11 is 3.53. The van der Waals surface area contributed by atoms with E-state index in [0.29, 0.717) is 36.3 Å². The summed E-state index contributed by atoms with van der Waals surface area (Å²) in [5.41, 5.74) is 3.90. The molecule has 0 saturated carbocycles. The largest absolute Gasteiger partial charge is 0.493 e. The number of fused-ring (bicyclic) bond motifs is 1. The van der Waals surface area contributed by atoms with Crippen LogP contribution in [0.25, 0.3) is 11.0 Å². The van der Waals surface area contributed by atoms with Crippen LogP contribution in [0, 0.1) is 6.92 Å². The number of rotatable bonds is 9. The molecule has 0 aliphatic heterocycles. The van der Waals surface area contributed by atoms with Crippen molar-refractivity contribution in [2.24, 2.45) is 7.05 Å². The molecule has 0 saturated heterocycles. The predicted molar refractivity (Wildman–Crippen MR) is 138 cm³/mol. The zero-order valence-corrected chi connectivity index (χ0v) is 21.5. The van der Waals surface area contributed by atoms with Crippen molar-refractivity contribution in [1.29, 1.82) is 0 Å². The van der Waals surface area contributed by atoms with Gasteiger partial charge in [-0.05, 0) is 36.8 Å². The second-order valence-electron chi connectivity index (χ2n) is 7.80. The second-order valence-corrected chi connectivity index (χ2v) is 8.66. The Bertz CT molecular complexity index is 1370. The Kier molecular flexibility index (Phi) is 7.52. The minimum Gasteiger partial charge on any atom is -0.493 e. The summed E-state index contributed by atoms with van der Waals surface area (Å²) in [6.07, 6.45) is 1.52. The maximum Gasteiger partial charge on any atom is 0.270 e. The Labute approximate surface area is 211 Å². The van der Waals surface area contributed by atoms with Crippen molar-refractivity contribution in [3.63, 3.8) is 0 Å². The van der Waals surface area contributed by atoms with Crippen LogP contribution < -0.4 is 20.1 Å². The maximum absolute atomic E-state index is 12.3. The highest BCUT2D eigenvalue weighted by molar-refractivity contribution is 9.10. The molecule has 2 aromatic heterocycles. The summed E-state index contributed by atoms with van der Waals surface area (Å²) < 4.78 is 19.6. The molecule has 0 aliphatic rings. The SMILES string of the molecule is COCCNC(=O)c1cc(Oc2cc3nc(Nc4ccc(Br)c(C)c4)n(C)c3cc2OC)ccn1. The van der Waals surface area contributed by atoms with Crippen molar-refractivity contribution in [3.8, 4) is 17.2 Å². The van der Waals surface area contributed by atoms with E-state index in [4.69, 9.17) is 19.2 Å². The number of hydrogen-bond donors (Lipinski definition) is 2. The van der Waals surface area contributed by atoms with Crippen LogP contribution in [0.5, 0.6) is 17.2 Å². The number of carbonyl (C=O) groups is 1. The quantitative estimate of drug-likeness (QED) is 0.290. The molecule has 0 fully saturated rings. The smallest absolute Gasteiger partial charge is 0.270 e. The summed E-state index contributed by atoms with van der Waals surface area (Å²) in [6.45, 7) is 2.84. The van der Waals surface area contributed by atoms with Gasteiger partial charge in [-0.1, -0.05) is 15.9 Å². The van der Waals surface area contributed by atoms with Crippen LogP contribution in [0.2, 0.25) is 0 Å². The highest BCUT2D eigenvalue weighted by Crippen LogP contribution is 2.36. The molecule has 2 heterocycles. The highest BCUT2D eigenvalue weighted by Gasteiger charge is 2.16. The minimum atomic E-state index is -0.307. The molecule has 4 aromatic rings. The molecule has 0 aliphatic carbocycles. The van der Waals surface area contributed by atoms with Crippen molar-refractivity contribution >= 4 is 44.5 Å². The van der Waals surface area contributed by atoms with Crippen LogP contribution in [0.15, 0.2) is 53.1 Å². The molecule has 0 radical (unpaired) electrons. The van der Waals surface area contributed by atoms with Crippen LogP contribution in [-0.2, 0) is 11.8 Å². The van der Waals surface area contributed by atoms with E-state index < -0.39 is 0 Å². The number of halogens is 1. The van der Waals surface area contributed by atoms with Gasteiger partial charge in [0.05, 0.1) is 24.8 Å². The molecule has 0 bridgehead atoms. The lowest BCUT2D eigenvalue weighted by Gasteiger charge is -2.12. The molecule has 9 nitrogen and oxygen atoms in total. The van der Waals surface area contributed by atoms with Gasteiger partial charge in [0.2, 0.25) is 5.95 Å². The first-order valence-electron chi connectivity index (χ1n) is 10.9. The first-order chi connectivity index (χ1) is 16.9. The van der Waals surface area contributed by atoms with Crippen LogP contribution in [0.1, 0.15) is 16.1 Å². The van der Waals surface area contributed by atoms with Crippen LogP contribution in [-0.4, -0.2) is 47.8 Å². The topological polar surface area (TPSA) is 99.5 Å². The van der Waals surface area contributed by atoms with Gasteiger partial charge in [-0.2, -0.15) is 0 Å². The summed E-state index contributed by atoms with van der Waals surface area (Å²) in [4.78, 5) is 21.2. The number of ether oxygens (including phenoxy) is 3. The Morgan fingerprint density at radius 1 is 1.11 bits per heavy atom. The molecule has 4 rings (SSSR count). The number of anilines is 2. The Morgan fingerprint density at radius 3 is 2.69 bits per heavy atom. The Morgan fingerprint density at radius 2 is 1.94 bits per heavy atom. The molecule has 2 N–H and O–H groups in total. The number of benzene rings is 2. The number of carbonyl (C=O) groups excluding carboxylic acids is 1. The van der Waals surface area contributed by atoms with Crippen molar-refractivity contribution in [3.05, 3.63) is 64.4 Å². The van der Waals surface area contributed by atoms with Gasteiger partial charge in [0.25, 0.3) is 5.91 Å². The second kappa shape index (κ2) is 10.7. The third-order valence-corrected chi connectivity index (χ3v) is 6.25. The molecule has 35 heavy (non-hydrogen) atoms. The number of imidazole rings is 1. The average molecular weight is 540 g/mol. The Balaban J connectivity index is 1.60. The van der Waals surface area contributed by atoms with Gasteiger partial charge in [0.15, 0.2) is 11.5 Å². The molecule has 0 unspecified atom stereocenters. The molecular weight excluding hydrogens is 514 g/mol. The van der Waals surface area contributed by atoms with Crippen LogP contribution in [0.4, 0.5) is 11.6 Å². The number of nitrogens with one attached hydrogen (secondary N) is 2. The van der Waals surface area contributed by atoms with Crippen LogP contribution >= 0.6 is 15.9 Å². The number of amides is 1. The summed E-state index contributed by atoms with van der Waals surface area (Å²) in [5.74, 6) is 1.84. The van der Waals surface area contributed by atoms with Crippen molar-refractivity contribution in [2.45, 2.75) is 6.92 Å². The molecule has 0 spiro atoms. The molecule has 0 atom stereocenters. The zero-order valence-electron chi connectivity index (χ0n) is 19.9. The summed E-state index contributed by atoms with van der Waals surface area (Å²) in [5, 5.41) is 6.11. The van der Waals surface area contributed by atoms with Gasteiger partial charge in [-0.15, -0.1) is 0 Å². The number of aromatic nitrogens is 3. The molecule has 2 aromatic carbocycles. The normalized spacial score (nSPS) is 10.9. The number of nitrogens with zero attached hydrogens (tertiary/aromatic N) is 3. The monoisotopic (exact) mass is 539 g/mol. The van der Waals surface area contributed by atoms with Gasteiger partial charge in [0.1, 0.15) is 11.4 Å². The standard InChI is InChI=1S/C25H26BrN5O4/c1-15-11-16(5-6-18(15)26)29-25-30-19-13-23(22(34-4)14-21(19)31(25)2)35-17-7-8-27-20(12-17)24(32)28-9-10-33-3/h5-8,11-14H,9-10H2,1-4H3,(H,28,32)(H,29,30). The third kappa shape index (κ3) is 5.55. The van der Waals surface area contributed by atoms with Gasteiger partial charge in [-0.25, -0.2) is 4.98 Å². The first kappa shape index (κ1) is 24.5. The van der Waals surface area contributed by atoms with Gasteiger partial charge in [0, 0.05) is 55.3 Å². The number of aryl methyl sites for hydroxylation is 2. The van der Waals surface area contributed by atoms with Crippen molar-refractivity contribution in [1.82, 2.24) is 19.9 Å². The van der Waals surface area contributed by atoms with E-state index in [-0.39, 0.29) is 11.6 Å². The van der Waals surface area contributed by atoms with E-state index in [1.807, 2.05) is 48.9 Å². The highest BCUT2D eigenvalue weighted by atomic mass is 79.9. The first-order valence-corrected chi connectivity index (χ1v) is 11.7. The van der Waals surface area contributed by atoms with E-state index in [0.717, 1.165) is 26.8 Å². The fourth-order valence-corrected chi connectivity index (χ4v) is 3.73. The van der Waals surface area contributed by atoms with E-state index in [1.165, 1.54) is 6.20 Å². The lowest BCUT2D eigenvalue weighted by molar-refractivity contribution is 0.0932. The van der Waals surface area contributed by atoms with Crippen molar-refractivity contribution in [2.75, 3.05) is 32.7 Å². The molecule has 182 valence electrons. The molecule has 1 amide bonds. The lowest BCUT2D eigenvalue weighted by atomic mass is 10.2. The van der Waals surface area contributed by atoms with E-state index in [1.54, 1.807) is 26.4 Å². The molecule has 10 heteroatoms. The van der Waals surface area contributed by atoms with Crippen molar-refractivity contribution < 1.29 is 19.0 Å². The van der Waals surface area contributed by atoms with Crippen LogP contribution in [0.3, 0.4) is 0 Å². The van der Waals surface area contributed by atoms with E-state index in [2.05, 4.69) is 31.5 Å².